The third-order valence-electron chi connectivity index (χ3n) is 2.54. The minimum absolute atomic E-state index is 0.110. The maximum atomic E-state index is 12.6. The van der Waals surface area contributed by atoms with Crippen LogP contribution in [0.4, 0.5) is 14.5 Å². The molecule has 0 bridgehead atoms. The zero-order chi connectivity index (χ0) is 14.8. The van der Waals surface area contributed by atoms with Crippen LogP contribution in [0.3, 0.4) is 0 Å². The molecular weight excluding hydrogens is 290 g/mol. The summed E-state index contributed by atoms with van der Waals surface area (Å²) in [5.41, 5.74) is 0.676. The summed E-state index contributed by atoms with van der Waals surface area (Å²) in [6, 6.07) is 5.51. The summed E-state index contributed by atoms with van der Waals surface area (Å²) >= 11 is 0. The Kier molecular flexibility index (Phi) is 3.98. The first-order valence-electron chi connectivity index (χ1n) is 5.61. The lowest BCUT2D eigenvalue weighted by Gasteiger charge is -2.11. The minimum atomic E-state index is -4.64. The van der Waals surface area contributed by atoms with E-state index < -0.39 is 20.5 Å². The summed E-state index contributed by atoms with van der Waals surface area (Å²) in [7, 11) is -2.96. The van der Waals surface area contributed by atoms with Gasteiger partial charge >= 0.3 is 5.76 Å². The van der Waals surface area contributed by atoms with Crippen molar-refractivity contribution < 1.29 is 17.2 Å². The fraction of sp³-hybridized carbons (Fsp3) is 0.273. The van der Waals surface area contributed by atoms with Gasteiger partial charge in [0.15, 0.2) is 0 Å². The smallest absolute Gasteiger partial charge is 0.341 e. The van der Waals surface area contributed by atoms with Crippen LogP contribution in [0, 0.1) is 0 Å². The Morgan fingerprint density at radius 1 is 1.35 bits per heavy atom. The number of nitrogens with zero attached hydrogens (tertiary/aromatic N) is 3. The van der Waals surface area contributed by atoms with Gasteiger partial charge in [-0.15, -0.1) is 5.10 Å². The number of hydrogen-bond acceptors (Lipinski definition) is 5. The predicted octanol–water partition coefficient (Wildman–Crippen LogP) is 1.42. The zero-order valence-corrected chi connectivity index (χ0v) is 11.3. The number of aryl methyl sites for hydroxylation is 1. The van der Waals surface area contributed by atoms with Gasteiger partial charge in [-0.1, -0.05) is 17.3 Å². The monoisotopic (exact) mass is 302 g/mol. The van der Waals surface area contributed by atoms with Crippen LogP contribution < -0.4 is 5.32 Å². The van der Waals surface area contributed by atoms with E-state index in [1.165, 1.54) is 16.8 Å². The van der Waals surface area contributed by atoms with E-state index in [1.807, 2.05) is 0 Å². The molecule has 1 N–H and O–H groups in total. The molecule has 0 amide bonds. The summed E-state index contributed by atoms with van der Waals surface area (Å²) in [6.07, 6.45) is 1.64. The molecule has 0 aliphatic rings. The molecule has 0 spiro atoms. The van der Waals surface area contributed by atoms with E-state index in [9.17, 15) is 17.2 Å². The van der Waals surface area contributed by atoms with Gasteiger partial charge in [0.1, 0.15) is 5.69 Å². The van der Waals surface area contributed by atoms with Crippen LogP contribution >= 0.6 is 0 Å². The van der Waals surface area contributed by atoms with Gasteiger partial charge in [0.05, 0.1) is 17.1 Å². The van der Waals surface area contributed by atoms with Crippen molar-refractivity contribution >= 4 is 15.5 Å². The van der Waals surface area contributed by atoms with Crippen molar-refractivity contribution in [3.05, 3.63) is 36.2 Å². The highest BCUT2D eigenvalue weighted by atomic mass is 32.2. The topological polar surface area (TPSA) is 76.9 Å². The molecule has 0 radical (unpaired) electrons. The Morgan fingerprint density at radius 3 is 2.65 bits per heavy atom. The van der Waals surface area contributed by atoms with Crippen LogP contribution in [0.1, 0.15) is 5.69 Å². The Bertz CT molecular complexity index is 700. The maximum absolute atomic E-state index is 12.6. The number of para-hydroxylation sites is 1. The van der Waals surface area contributed by atoms with Gasteiger partial charge in [-0.3, -0.25) is 4.68 Å². The molecule has 20 heavy (non-hydrogen) atoms. The highest BCUT2D eigenvalue weighted by Gasteiger charge is 2.28. The number of nitrogens with one attached hydrogen (secondary N) is 1. The third-order valence-corrected chi connectivity index (χ3v) is 3.98. The van der Waals surface area contributed by atoms with E-state index in [2.05, 4.69) is 15.6 Å². The molecule has 1 aromatic carbocycles. The van der Waals surface area contributed by atoms with Crippen LogP contribution in [0.5, 0.6) is 0 Å². The van der Waals surface area contributed by atoms with Gasteiger partial charge in [0.25, 0.3) is 0 Å². The quantitative estimate of drug-likeness (QED) is 0.904. The van der Waals surface area contributed by atoms with Gasteiger partial charge in [-0.25, -0.2) is 8.42 Å². The summed E-state index contributed by atoms with van der Waals surface area (Å²) in [5.74, 6) is -3.46. The van der Waals surface area contributed by atoms with Crippen LogP contribution in [0.15, 0.2) is 35.4 Å². The van der Waals surface area contributed by atoms with E-state index in [0.29, 0.717) is 5.69 Å². The van der Waals surface area contributed by atoms with Crippen LogP contribution in [-0.2, 0) is 23.4 Å². The van der Waals surface area contributed by atoms with Crippen molar-refractivity contribution in [2.24, 2.45) is 7.05 Å². The first-order valence-corrected chi connectivity index (χ1v) is 7.16. The number of aromatic nitrogens is 3. The minimum Gasteiger partial charge on any atom is -0.378 e. The number of anilines is 1. The molecule has 108 valence electrons. The second-order valence-corrected chi connectivity index (χ2v) is 5.93. The molecule has 0 aliphatic carbocycles. The van der Waals surface area contributed by atoms with Gasteiger partial charge in [-0.2, -0.15) is 8.78 Å². The predicted molar refractivity (Wildman–Crippen MR) is 68.0 cm³/mol. The number of halogens is 2. The van der Waals surface area contributed by atoms with Crippen molar-refractivity contribution in [2.45, 2.75) is 17.2 Å². The molecule has 0 saturated heterocycles. The van der Waals surface area contributed by atoms with Crippen LogP contribution in [-0.4, -0.2) is 29.2 Å². The first-order chi connectivity index (χ1) is 9.41. The Hall–Kier alpha value is -2.03. The number of benzene rings is 1. The Balaban J connectivity index is 2.25. The molecule has 1 aromatic heterocycles. The molecule has 2 rings (SSSR count). The van der Waals surface area contributed by atoms with Gasteiger partial charge in [0, 0.05) is 13.2 Å². The van der Waals surface area contributed by atoms with Crippen LogP contribution in [0.25, 0.3) is 0 Å². The van der Waals surface area contributed by atoms with Crippen molar-refractivity contribution in [1.29, 1.82) is 0 Å². The molecule has 6 nitrogen and oxygen atoms in total. The average molecular weight is 302 g/mol. The van der Waals surface area contributed by atoms with Gasteiger partial charge < -0.3 is 5.32 Å². The molecule has 0 saturated carbocycles. The zero-order valence-electron chi connectivity index (χ0n) is 10.5. The Morgan fingerprint density at radius 2 is 2.05 bits per heavy atom. The SMILES string of the molecule is Cn1cc(CNc2ccccc2S(=O)(=O)C(F)F)nn1. The fourth-order valence-corrected chi connectivity index (χ4v) is 2.53. The number of alkyl halides is 2. The van der Waals surface area contributed by atoms with Gasteiger partial charge in [0.2, 0.25) is 9.84 Å². The van der Waals surface area contributed by atoms with E-state index in [-0.39, 0.29) is 12.2 Å². The van der Waals surface area contributed by atoms with Crippen molar-refractivity contribution in [3.63, 3.8) is 0 Å². The molecule has 0 fully saturated rings. The van der Waals surface area contributed by atoms with Crippen molar-refractivity contribution in [1.82, 2.24) is 15.0 Å². The summed E-state index contributed by atoms with van der Waals surface area (Å²) in [4.78, 5) is -0.432. The fourth-order valence-electron chi connectivity index (χ4n) is 1.62. The van der Waals surface area contributed by atoms with Gasteiger partial charge in [-0.05, 0) is 12.1 Å². The van der Waals surface area contributed by atoms with E-state index in [1.54, 1.807) is 19.3 Å². The summed E-state index contributed by atoms with van der Waals surface area (Å²) < 4.78 is 49.8. The highest BCUT2D eigenvalue weighted by molar-refractivity contribution is 7.91. The Labute approximate surface area is 114 Å². The largest absolute Gasteiger partial charge is 0.378 e. The molecule has 0 atom stereocenters. The molecule has 9 heteroatoms. The molecular formula is C11H12F2N4O2S. The van der Waals surface area contributed by atoms with E-state index in [4.69, 9.17) is 0 Å². The standard InChI is InChI=1S/C11H12F2N4O2S/c1-17-7-8(15-16-17)6-14-9-4-2-3-5-10(9)20(18,19)11(12)13/h2-5,7,11,14H,6H2,1H3. The van der Waals surface area contributed by atoms with E-state index >= 15 is 0 Å². The lowest BCUT2D eigenvalue weighted by molar-refractivity contribution is 0.235. The summed E-state index contributed by atoms with van der Waals surface area (Å²) in [5, 5.41) is 10.3. The third kappa shape index (κ3) is 2.93. The maximum Gasteiger partial charge on any atom is 0.341 e. The van der Waals surface area contributed by atoms with Crippen molar-refractivity contribution in [3.8, 4) is 0 Å². The molecule has 1 heterocycles. The second-order valence-electron chi connectivity index (χ2n) is 4.04. The lowest BCUT2D eigenvalue weighted by atomic mass is 10.3. The number of rotatable bonds is 5. The first kappa shape index (κ1) is 14.4. The molecule has 0 unspecified atom stereocenters. The average Bonchev–Trinajstić information content (AvgIpc) is 2.82. The normalized spacial score (nSPS) is 11.8. The molecule has 0 aliphatic heterocycles. The second kappa shape index (κ2) is 5.53. The summed E-state index contributed by atoms with van der Waals surface area (Å²) in [6.45, 7) is 0.184. The number of hydrogen-bond donors (Lipinski definition) is 1. The highest BCUT2D eigenvalue weighted by Crippen LogP contribution is 2.26. The lowest BCUT2D eigenvalue weighted by Crippen LogP contribution is -2.14. The van der Waals surface area contributed by atoms with Crippen molar-refractivity contribution in [2.75, 3.05) is 5.32 Å². The molecule has 2 aromatic rings. The van der Waals surface area contributed by atoms with Crippen LogP contribution in [0.2, 0.25) is 0 Å². The number of sulfone groups is 1. The van der Waals surface area contributed by atoms with E-state index in [0.717, 1.165) is 6.07 Å².